The fourth-order valence-corrected chi connectivity index (χ4v) is 4.48. The summed E-state index contributed by atoms with van der Waals surface area (Å²) in [4.78, 5) is 25.2. The summed E-state index contributed by atoms with van der Waals surface area (Å²) >= 11 is 1.35. The van der Waals surface area contributed by atoms with E-state index in [0.29, 0.717) is 23.4 Å². The minimum Gasteiger partial charge on any atom is -0.465 e. The Hall–Kier alpha value is -2.92. The van der Waals surface area contributed by atoms with E-state index in [2.05, 4.69) is 69.4 Å². The number of anilines is 1. The van der Waals surface area contributed by atoms with E-state index in [4.69, 9.17) is 4.74 Å². The third kappa shape index (κ3) is 5.65. The first kappa shape index (κ1) is 23.7. The number of methoxy groups -OCH3 is 1. The van der Waals surface area contributed by atoms with Gasteiger partial charge in [-0.15, -0.1) is 11.3 Å². The highest BCUT2D eigenvalue weighted by Gasteiger charge is 2.22. The molecule has 2 aromatic carbocycles. The molecule has 3 rings (SSSR count). The Bertz CT molecular complexity index is 1070. The van der Waals surface area contributed by atoms with Crippen molar-refractivity contribution in [1.29, 1.82) is 0 Å². The molecule has 0 bridgehead atoms. The molecule has 0 fully saturated rings. The Morgan fingerprint density at radius 2 is 1.59 bits per heavy atom. The number of amides is 1. The van der Waals surface area contributed by atoms with Gasteiger partial charge in [0.1, 0.15) is 10.6 Å². The lowest BCUT2D eigenvalue weighted by Crippen LogP contribution is -2.15. The molecule has 1 aromatic heterocycles. The van der Waals surface area contributed by atoms with Gasteiger partial charge in [-0.25, -0.2) is 4.79 Å². The van der Waals surface area contributed by atoms with Crippen molar-refractivity contribution in [3.05, 3.63) is 76.2 Å². The molecule has 5 heteroatoms. The van der Waals surface area contributed by atoms with Crippen LogP contribution in [-0.2, 0) is 27.8 Å². The molecule has 3 aromatic rings. The number of esters is 1. The molecule has 168 valence electrons. The van der Waals surface area contributed by atoms with Gasteiger partial charge in [0.15, 0.2) is 0 Å². The highest BCUT2D eigenvalue weighted by molar-refractivity contribution is 7.15. The Kier molecular flexibility index (Phi) is 7.52. The van der Waals surface area contributed by atoms with Crippen LogP contribution in [0.1, 0.15) is 61.2 Å². The number of aryl methyl sites for hydroxylation is 2. The fourth-order valence-electron chi connectivity index (χ4n) is 3.51. The summed E-state index contributed by atoms with van der Waals surface area (Å²) in [7, 11) is 1.36. The molecule has 0 aliphatic carbocycles. The van der Waals surface area contributed by atoms with Crippen LogP contribution in [0.4, 0.5) is 5.00 Å². The maximum absolute atomic E-state index is 12.6. The van der Waals surface area contributed by atoms with Crippen LogP contribution in [0, 0.1) is 0 Å². The maximum atomic E-state index is 12.6. The quantitative estimate of drug-likeness (QED) is 0.412. The highest BCUT2D eigenvalue weighted by Crippen LogP contribution is 2.36. The van der Waals surface area contributed by atoms with Gasteiger partial charge >= 0.3 is 5.97 Å². The van der Waals surface area contributed by atoms with Crippen molar-refractivity contribution in [3.63, 3.8) is 0 Å². The number of hydrogen-bond acceptors (Lipinski definition) is 4. The lowest BCUT2D eigenvalue weighted by atomic mass is 9.86. The summed E-state index contributed by atoms with van der Waals surface area (Å²) in [5.41, 5.74) is 5.83. The molecule has 0 aliphatic heterocycles. The van der Waals surface area contributed by atoms with Crippen LogP contribution < -0.4 is 5.32 Å². The maximum Gasteiger partial charge on any atom is 0.341 e. The SMILES string of the molecule is CCc1ccc(-c2csc(NC(=O)CCc3ccc(C(C)(C)C)cc3)c2C(=O)OC)cc1. The third-order valence-electron chi connectivity index (χ3n) is 5.57. The number of benzene rings is 2. The second-order valence-corrected chi connectivity index (χ2v) is 9.77. The number of carbonyl (C=O) groups is 2. The van der Waals surface area contributed by atoms with Crippen molar-refractivity contribution < 1.29 is 14.3 Å². The summed E-state index contributed by atoms with van der Waals surface area (Å²) in [6.07, 6.45) is 1.93. The molecular formula is C27H31NO3S. The lowest BCUT2D eigenvalue weighted by Gasteiger charge is -2.19. The van der Waals surface area contributed by atoms with Gasteiger partial charge < -0.3 is 10.1 Å². The molecule has 0 radical (unpaired) electrons. The molecule has 32 heavy (non-hydrogen) atoms. The molecular weight excluding hydrogens is 418 g/mol. The number of nitrogens with one attached hydrogen (secondary N) is 1. The topological polar surface area (TPSA) is 55.4 Å². The van der Waals surface area contributed by atoms with Crippen LogP contribution in [0.15, 0.2) is 53.9 Å². The Balaban J connectivity index is 1.72. The van der Waals surface area contributed by atoms with E-state index >= 15 is 0 Å². The zero-order chi connectivity index (χ0) is 23.3. The number of rotatable bonds is 7. The molecule has 0 aliphatic rings. The molecule has 0 saturated heterocycles. The van der Waals surface area contributed by atoms with Crippen LogP contribution in [0.3, 0.4) is 0 Å². The van der Waals surface area contributed by atoms with E-state index < -0.39 is 5.97 Å². The molecule has 1 N–H and O–H groups in total. The van der Waals surface area contributed by atoms with Crippen LogP contribution in [-0.4, -0.2) is 19.0 Å². The van der Waals surface area contributed by atoms with Gasteiger partial charge in [-0.05, 0) is 40.5 Å². The second kappa shape index (κ2) is 10.1. The van der Waals surface area contributed by atoms with Crippen LogP contribution in [0.5, 0.6) is 0 Å². The molecule has 0 atom stereocenters. The van der Waals surface area contributed by atoms with Gasteiger partial charge in [0, 0.05) is 17.4 Å². The molecule has 4 nitrogen and oxygen atoms in total. The third-order valence-corrected chi connectivity index (χ3v) is 6.46. The predicted molar refractivity (Wildman–Crippen MR) is 133 cm³/mol. The lowest BCUT2D eigenvalue weighted by molar-refractivity contribution is -0.116. The van der Waals surface area contributed by atoms with Gasteiger partial charge in [0.2, 0.25) is 5.91 Å². The van der Waals surface area contributed by atoms with Crippen molar-refractivity contribution in [3.8, 4) is 11.1 Å². The van der Waals surface area contributed by atoms with E-state index in [-0.39, 0.29) is 11.3 Å². The zero-order valence-corrected chi connectivity index (χ0v) is 20.3. The van der Waals surface area contributed by atoms with E-state index in [1.165, 1.54) is 29.6 Å². The van der Waals surface area contributed by atoms with E-state index in [1.54, 1.807) is 0 Å². The number of ether oxygens (including phenoxy) is 1. The van der Waals surface area contributed by atoms with E-state index in [9.17, 15) is 9.59 Å². The molecule has 0 spiro atoms. The number of hydrogen-bond donors (Lipinski definition) is 1. The van der Waals surface area contributed by atoms with E-state index in [1.807, 2.05) is 17.5 Å². The van der Waals surface area contributed by atoms with Gasteiger partial charge in [-0.3, -0.25) is 4.79 Å². The first-order valence-electron chi connectivity index (χ1n) is 10.9. The molecule has 0 unspecified atom stereocenters. The van der Waals surface area contributed by atoms with E-state index in [0.717, 1.165) is 23.1 Å². The van der Waals surface area contributed by atoms with Crippen molar-refractivity contribution in [2.75, 3.05) is 12.4 Å². The predicted octanol–water partition coefficient (Wildman–Crippen LogP) is 6.63. The zero-order valence-electron chi connectivity index (χ0n) is 19.5. The average molecular weight is 450 g/mol. The normalized spacial score (nSPS) is 11.3. The highest BCUT2D eigenvalue weighted by atomic mass is 32.1. The summed E-state index contributed by atoms with van der Waals surface area (Å²) in [5.74, 6) is -0.571. The monoisotopic (exact) mass is 449 g/mol. The fraction of sp³-hybridized carbons (Fsp3) is 0.333. The Labute approximate surface area is 194 Å². The number of carbonyl (C=O) groups excluding carboxylic acids is 2. The second-order valence-electron chi connectivity index (χ2n) is 8.89. The van der Waals surface area contributed by atoms with Gasteiger partial charge in [-0.1, -0.05) is 76.2 Å². The smallest absolute Gasteiger partial charge is 0.341 e. The van der Waals surface area contributed by atoms with Gasteiger partial charge in [-0.2, -0.15) is 0 Å². The Morgan fingerprint density at radius 1 is 0.969 bits per heavy atom. The van der Waals surface area contributed by atoms with Gasteiger partial charge in [0.25, 0.3) is 0 Å². The van der Waals surface area contributed by atoms with Crippen molar-refractivity contribution in [2.24, 2.45) is 0 Å². The van der Waals surface area contributed by atoms with Crippen molar-refractivity contribution >= 4 is 28.2 Å². The molecule has 1 heterocycles. The molecule has 0 saturated carbocycles. The summed E-state index contributed by atoms with van der Waals surface area (Å²) in [5, 5.41) is 5.35. The summed E-state index contributed by atoms with van der Waals surface area (Å²) in [6.45, 7) is 8.65. The minimum absolute atomic E-state index is 0.105. The van der Waals surface area contributed by atoms with Crippen molar-refractivity contribution in [2.45, 2.75) is 52.4 Å². The Morgan fingerprint density at radius 3 is 2.16 bits per heavy atom. The number of thiophene rings is 1. The van der Waals surface area contributed by atoms with Crippen molar-refractivity contribution in [1.82, 2.24) is 0 Å². The largest absolute Gasteiger partial charge is 0.465 e. The summed E-state index contributed by atoms with van der Waals surface area (Å²) < 4.78 is 5.01. The van der Waals surface area contributed by atoms with Crippen LogP contribution in [0.2, 0.25) is 0 Å². The first-order valence-corrected chi connectivity index (χ1v) is 11.8. The minimum atomic E-state index is -0.450. The van der Waals surface area contributed by atoms with Crippen LogP contribution in [0.25, 0.3) is 11.1 Å². The summed E-state index contributed by atoms with van der Waals surface area (Å²) in [6, 6.07) is 16.5. The van der Waals surface area contributed by atoms with Gasteiger partial charge in [0.05, 0.1) is 7.11 Å². The van der Waals surface area contributed by atoms with Crippen LogP contribution >= 0.6 is 11.3 Å². The average Bonchev–Trinajstić information content (AvgIpc) is 3.20. The standard InChI is InChI=1S/C27H31NO3S/c1-6-18-7-12-20(13-8-18)22-17-32-25(24(22)26(30)31-5)28-23(29)16-11-19-9-14-21(15-10-19)27(2,3)4/h7-10,12-15,17H,6,11,16H2,1-5H3,(H,28,29). The first-order chi connectivity index (χ1) is 15.2. The molecule has 1 amide bonds.